The van der Waals surface area contributed by atoms with Gasteiger partial charge < -0.3 is 4.43 Å². The van der Waals surface area contributed by atoms with Crippen LogP contribution in [0.4, 0.5) is 0 Å². The second kappa shape index (κ2) is 9.44. The minimum Gasteiger partial charge on any atom is -0.424 e. The van der Waals surface area contributed by atoms with E-state index in [-0.39, 0.29) is 9.76 Å². The van der Waals surface area contributed by atoms with Crippen molar-refractivity contribution in [1.82, 2.24) is 0 Å². The van der Waals surface area contributed by atoms with Crippen LogP contribution in [-0.4, -0.2) is 29.4 Å². The van der Waals surface area contributed by atoms with E-state index in [1.54, 1.807) is 0 Å². The van der Waals surface area contributed by atoms with Gasteiger partial charge in [-0.3, -0.25) is 4.89 Å². The predicted molar refractivity (Wildman–Crippen MR) is 51.8 cm³/mol. The van der Waals surface area contributed by atoms with E-state index in [0.717, 1.165) is 12.7 Å². The van der Waals surface area contributed by atoms with Crippen LogP contribution in [0.3, 0.4) is 0 Å². The summed E-state index contributed by atoms with van der Waals surface area (Å²) in [6, 6.07) is 1.42. The summed E-state index contributed by atoms with van der Waals surface area (Å²) in [6.45, 7) is 4.19. The largest absolute Gasteiger partial charge is 0.424 e. The fraction of sp³-hybridized carbons (Fsp3) is 0.625. The van der Waals surface area contributed by atoms with E-state index in [9.17, 15) is 4.79 Å². The Hall–Kier alpha value is -0.653. The van der Waals surface area contributed by atoms with Crippen LogP contribution in [0.15, 0.2) is 12.7 Å². The van der Waals surface area contributed by atoms with Gasteiger partial charge in [0, 0.05) is 12.7 Å². The Balaban J connectivity index is 0.000000223. The molecule has 1 heterocycles. The Labute approximate surface area is 80.7 Å². The lowest BCUT2D eigenvalue weighted by molar-refractivity contribution is -0.249. The van der Waals surface area contributed by atoms with E-state index in [0.29, 0.717) is 0 Å². The predicted octanol–water partition coefficient (Wildman–Crippen LogP) is 0.576. The third-order valence-corrected chi connectivity index (χ3v) is 2.78. The minimum atomic E-state index is -0.581. The second-order valence-corrected chi connectivity index (χ2v) is 3.97. The first-order valence-corrected chi connectivity index (χ1v) is 5.83. The number of hydrogen-bond acceptors (Lipinski definition) is 4. The Morgan fingerprint density at radius 3 is 2.54 bits per heavy atom. The Morgan fingerprint density at radius 2 is 2.38 bits per heavy atom. The van der Waals surface area contributed by atoms with E-state index >= 15 is 0 Å². The first kappa shape index (κ1) is 12.3. The van der Waals surface area contributed by atoms with Crippen LogP contribution < -0.4 is 0 Å². The molecule has 4 nitrogen and oxygen atoms in total. The molecular formula is C8H16O4Si. The fourth-order valence-corrected chi connectivity index (χ4v) is 1.97. The van der Waals surface area contributed by atoms with Gasteiger partial charge in [0.2, 0.25) is 0 Å². The lowest BCUT2D eigenvalue weighted by Crippen LogP contribution is -2.06. The van der Waals surface area contributed by atoms with Gasteiger partial charge in [0.25, 0.3) is 0 Å². The molecule has 5 heteroatoms. The molecule has 0 atom stereocenters. The molecule has 0 aromatic heterocycles. The van der Waals surface area contributed by atoms with Crippen molar-refractivity contribution in [2.45, 2.75) is 18.9 Å². The van der Waals surface area contributed by atoms with Gasteiger partial charge in [0.15, 0.2) is 9.76 Å². The molecule has 0 unspecified atom stereocenters. The van der Waals surface area contributed by atoms with Gasteiger partial charge in [-0.05, 0) is 12.5 Å². The monoisotopic (exact) mass is 204 g/mol. The number of carbonyl (C=O) groups excluding carboxylic acids is 1. The Morgan fingerprint density at radius 1 is 1.62 bits per heavy atom. The molecule has 0 saturated carbocycles. The molecule has 13 heavy (non-hydrogen) atoms. The fourth-order valence-electron chi connectivity index (χ4n) is 0.803. The summed E-state index contributed by atoms with van der Waals surface area (Å²) in [7, 11) is 1.26. The van der Waals surface area contributed by atoms with Gasteiger partial charge in [-0.1, -0.05) is 13.0 Å². The molecule has 0 radical (unpaired) electrons. The van der Waals surface area contributed by atoms with Crippen molar-refractivity contribution >= 4 is 15.7 Å². The molecule has 76 valence electrons. The van der Waals surface area contributed by atoms with Crippen LogP contribution in [0.5, 0.6) is 0 Å². The van der Waals surface area contributed by atoms with E-state index in [2.05, 4.69) is 16.4 Å². The lowest BCUT2D eigenvalue weighted by Gasteiger charge is -2.07. The summed E-state index contributed by atoms with van der Waals surface area (Å²) in [5.74, 6) is -0.581. The lowest BCUT2D eigenvalue weighted by atomic mass is 10.4. The highest BCUT2D eigenvalue weighted by molar-refractivity contribution is 6.27. The zero-order valence-corrected chi connectivity index (χ0v) is 9.37. The topological polar surface area (TPSA) is 44.8 Å². The van der Waals surface area contributed by atoms with Crippen LogP contribution in [0.2, 0.25) is 6.04 Å². The first-order chi connectivity index (χ1) is 6.31. The van der Waals surface area contributed by atoms with Crippen LogP contribution in [-0.2, 0) is 19.0 Å². The Kier molecular flexibility index (Phi) is 8.96. The highest BCUT2D eigenvalue weighted by Crippen LogP contribution is 2.01. The van der Waals surface area contributed by atoms with Gasteiger partial charge in [-0.25, -0.2) is 4.79 Å². The van der Waals surface area contributed by atoms with Crippen LogP contribution >= 0.6 is 0 Å². The average Bonchev–Trinajstić information content (AvgIpc) is 2.22. The average molecular weight is 204 g/mol. The van der Waals surface area contributed by atoms with Crippen LogP contribution in [0, 0.1) is 0 Å². The van der Waals surface area contributed by atoms with Crippen molar-refractivity contribution in [3.63, 3.8) is 0 Å². The maximum absolute atomic E-state index is 9.95. The van der Waals surface area contributed by atoms with Crippen molar-refractivity contribution in [1.29, 1.82) is 0 Å². The maximum Gasteiger partial charge on any atom is 0.365 e. The molecule has 1 aliphatic heterocycles. The summed E-state index contributed by atoms with van der Waals surface area (Å²) in [5.41, 5.74) is 0. The molecule has 0 bridgehead atoms. The summed E-state index contributed by atoms with van der Waals surface area (Å²) < 4.78 is 5.21. The second-order valence-electron chi connectivity index (χ2n) is 2.45. The molecular weight excluding hydrogens is 188 g/mol. The molecule has 0 aromatic rings. The molecule has 1 aliphatic rings. The third kappa shape index (κ3) is 9.26. The first-order valence-electron chi connectivity index (χ1n) is 4.26. The van der Waals surface area contributed by atoms with E-state index in [4.69, 9.17) is 4.43 Å². The van der Waals surface area contributed by atoms with Gasteiger partial charge >= 0.3 is 5.97 Å². The zero-order valence-electron chi connectivity index (χ0n) is 7.95. The van der Waals surface area contributed by atoms with Crippen molar-refractivity contribution in [3.8, 4) is 0 Å². The summed E-state index contributed by atoms with van der Waals surface area (Å²) in [5, 5.41) is 0. The molecule has 0 aromatic carbocycles. The standard InChI is InChI=1S/C4H6O3.C4H10OSi/c1-3-4(5)7-6-2;1-2-4-6-5-3-1/h3H,1H2,2H3;1-4,6H2. The molecule has 0 spiro atoms. The molecule has 0 aliphatic carbocycles. The van der Waals surface area contributed by atoms with E-state index < -0.39 is 5.97 Å². The number of rotatable bonds is 2. The number of hydrogen-bond donors (Lipinski definition) is 0. The van der Waals surface area contributed by atoms with Gasteiger partial charge in [-0.15, -0.1) is 0 Å². The number of carbonyl (C=O) groups is 1. The van der Waals surface area contributed by atoms with Crippen molar-refractivity contribution in [2.75, 3.05) is 13.7 Å². The Bertz CT molecular complexity index is 134. The van der Waals surface area contributed by atoms with Gasteiger partial charge in [-0.2, -0.15) is 4.89 Å². The smallest absolute Gasteiger partial charge is 0.365 e. The van der Waals surface area contributed by atoms with Crippen molar-refractivity contribution in [3.05, 3.63) is 12.7 Å². The van der Waals surface area contributed by atoms with Crippen molar-refractivity contribution in [2.24, 2.45) is 0 Å². The highest BCUT2D eigenvalue weighted by atomic mass is 28.2. The summed E-state index contributed by atoms with van der Waals surface area (Å²) in [4.78, 5) is 17.9. The van der Waals surface area contributed by atoms with Crippen LogP contribution in [0.25, 0.3) is 0 Å². The molecule has 1 saturated heterocycles. The van der Waals surface area contributed by atoms with Crippen molar-refractivity contribution < 1.29 is 19.0 Å². The SMILES string of the molecule is C1CC[SiH2]OC1.C=CC(=O)OOC. The summed E-state index contributed by atoms with van der Waals surface area (Å²) in [6.07, 6.45) is 3.77. The summed E-state index contributed by atoms with van der Waals surface area (Å²) >= 11 is 0. The van der Waals surface area contributed by atoms with Gasteiger partial charge in [0.1, 0.15) is 0 Å². The molecule has 1 rings (SSSR count). The van der Waals surface area contributed by atoms with E-state index in [1.165, 1.54) is 26.0 Å². The van der Waals surface area contributed by atoms with Gasteiger partial charge in [0.05, 0.1) is 7.11 Å². The molecule has 1 fully saturated rings. The zero-order chi connectivity index (χ0) is 9.94. The maximum atomic E-state index is 9.95. The minimum absolute atomic E-state index is 0.00849. The van der Waals surface area contributed by atoms with Crippen LogP contribution in [0.1, 0.15) is 12.8 Å². The highest BCUT2D eigenvalue weighted by Gasteiger charge is 1.96. The molecule has 0 amide bonds. The third-order valence-electron chi connectivity index (χ3n) is 1.41. The molecule has 0 N–H and O–H groups in total. The normalized spacial score (nSPS) is 17.0. The van der Waals surface area contributed by atoms with E-state index in [1.807, 2.05) is 0 Å². The quantitative estimate of drug-likeness (QED) is 0.285.